The van der Waals surface area contributed by atoms with Gasteiger partial charge in [0.2, 0.25) is 5.88 Å². The van der Waals surface area contributed by atoms with Crippen molar-refractivity contribution in [1.82, 2.24) is 5.16 Å². The highest BCUT2D eigenvalue weighted by Gasteiger charge is 2.29. The zero-order valence-electron chi connectivity index (χ0n) is 14.1. The van der Waals surface area contributed by atoms with Crippen molar-refractivity contribution in [3.8, 4) is 11.3 Å². The number of rotatable bonds is 4. The molecular formula is C18H10Cl4N2O4. The van der Waals surface area contributed by atoms with Gasteiger partial charge >= 0.3 is 5.97 Å². The summed E-state index contributed by atoms with van der Waals surface area (Å²) in [5.74, 6) is -1.72. The van der Waals surface area contributed by atoms with Crippen molar-refractivity contribution in [2.24, 2.45) is 0 Å². The number of benzene rings is 2. The average Bonchev–Trinajstić information content (AvgIpc) is 3.06. The smallest absolute Gasteiger partial charge is 0.345 e. The minimum absolute atomic E-state index is 0.0231. The number of anilines is 1. The SMILES string of the molecule is COC(=O)c1c(-c2c(Cl)cccc2Cl)noc1NC(=O)c1cc(Cl)ccc1Cl. The van der Waals surface area contributed by atoms with E-state index in [1.54, 1.807) is 18.2 Å². The van der Waals surface area contributed by atoms with Gasteiger partial charge in [0.25, 0.3) is 5.91 Å². The Morgan fingerprint density at radius 2 is 1.71 bits per heavy atom. The van der Waals surface area contributed by atoms with E-state index in [0.717, 1.165) is 0 Å². The highest BCUT2D eigenvalue weighted by atomic mass is 35.5. The molecule has 10 heteroatoms. The van der Waals surface area contributed by atoms with Crippen LogP contribution in [0.5, 0.6) is 0 Å². The van der Waals surface area contributed by atoms with E-state index < -0.39 is 11.9 Å². The van der Waals surface area contributed by atoms with Crippen LogP contribution in [-0.2, 0) is 4.74 Å². The van der Waals surface area contributed by atoms with Crippen molar-refractivity contribution < 1.29 is 18.8 Å². The minimum Gasteiger partial charge on any atom is -0.465 e. The van der Waals surface area contributed by atoms with Crippen LogP contribution in [0.3, 0.4) is 0 Å². The summed E-state index contributed by atoms with van der Waals surface area (Å²) in [5, 5.41) is 7.23. The number of nitrogens with one attached hydrogen (secondary N) is 1. The van der Waals surface area contributed by atoms with Crippen LogP contribution in [-0.4, -0.2) is 24.1 Å². The van der Waals surface area contributed by atoms with Gasteiger partial charge in [0.15, 0.2) is 5.56 Å². The quantitative estimate of drug-likeness (QED) is 0.484. The molecule has 0 saturated carbocycles. The number of methoxy groups -OCH3 is 1. The topological polar surface area (TPSA) is 81.4 Å². The number of carbonyl (C=O) groups is 2. The maximum Gasteiger partial charge on any atom is 0.345 e. The average molecular weight is 460 g/mol. The number of ether oxygens (including phenoxy) is 1. The Balaban J connectivity index is 2.08. The molecule has 28 heavy (non-hydrogen) atoms. The Bertz CT molecular complexity index is 1060. The van der Waals surface area contributed by atoms with Crippen molar-refractivity contribution in [2.75, 3.05) is 12.4 Å². The monoisotopic (exact) mass is 458 g/mol. The molecule has 1 N–H and O–H groups in total. The first kappa shape index (κ1) is 20.5. The van der Waals surface area contributed by atoms with E-state index in [1.165, 1.54) is 25.3 Å². The van der Waals surface area contributed by atoms with Gasteiger partial charge in [-0.05, 0) is 30.3 Å². The molecule has 1 amide bonds. The third-order valence-electron chi connectivity index (χ3n) is 3.68. The lowest BCUT2D eigenvalue weighted by atomic mass is 10.1. The van der Waals surface area contributed by atoms with Crippen molar-refractivity contribution in [2.45, 2.75) is 0 Å². The molecule has 0 aliphatic carbocycles. The molecule has 6 nitrogen and oxygen atoms in total. The van der Waals surface area contributed by atoms with Gasteiger partial charge in [0, 0.05) is 10.6 Å². The number of hydrogen-bond acceptors (Lipinski definition) is 5. The highest BCUT2D eigenvalue weighted by molar-refractivity contribution is 6.39. The normalized spacial score (nSPS) is 10.6. The fraction of sp³-hybridized carbons (Fsp3) is 0.0556. The molecule has 0 unspecified atom stereocenters. The number of aromatic nitrogens is 1. The first-order valence-corrected chi connectivity index (χ1v) is 9.13. The molecule has 1 heterocycles. The van der Waals surface area contributed by atoms with Crippen molar-refractivity contribution in [3.05, 3.63) is 67.6 Å². The van der Waals surface area contributed by atoms with Crippen molar-refractivity contribution in [3.63, 3.8) is 0 Å². The Labute approximate surface area is 179 Å². The number of carbonyl (C=O) groups excluding carboxylic acids is 2. The number of nitrogens with zero attached hydrogens (tertiary/aromatic N) is 1. The molecule has 3 rings (SSSR count). The second-order valence-electron chi connectivity index (χ2n) is 5.40. The first-order valence-electron chi connectivity index (χ1n) is 7.62. The summed E-state index contributed by atoms with van der Waals surface area (Å²) in [6.45, 7) is 0. The summed E-state index contributed by atoms with van der Waals surface area (Å²) in [6, 6.07) is 9.15. The molecule has 0 spiro atoms. The summed E-state index contributed by atoms with van der Waals surface area (Å²) in [5.41, 5.74) is 0.217. The fourth-order valence-corrected chi connectivity index (χ4v) is 3.36. The molecule has 0 atom stereocenters. The van der Waals surface area contributed by atoms with E-state index in [-0.39, 0.29) is 43.3 Å². The third kappa shape index (κ3) is 3.95. The molecule has 1 aromatic heterocycles. The molecule has 0 aliphatic heterocycles. The highest BCUT2D eigenvalue weighted by Crippen LogP contribution is 2.38. The zero-order chi connectivity index (χ0) is 20.4. The van der Waals surface area contributed by atoms with E-state index >= 15 is 0 Å². The molecule has 2 aromatic carbocycles. The van der Waals surface area contributed by atoms with Crippen LogP contribution >= 0.6 is 46.4 Å². The standard InChI is InChI=1S/C18H10Cl4N2O4/c1-27-18(26)14-15(13-11(21)3-2-4-12(13)22)24-28-17(14)23-16(25)9-7-8(19)5-6-10(9)20/h2-7H,1H3,(H,23,25). The predicted octanol–water partition coefficient (Wildman–Crippen LogP) is 5.99. The summed E-state index contributed by atoms with van der Waals surface area (Å²) >= 11 is 24.3. The number of amides is 1. The van der Waals surface area contributed by atoms with Gasteiger partial charge < -0.3 is 9.26 Å². The van der Waals surface area contributed by atoms with Crippen LogP contribution in [0.15, 0.2) is 40.9 Å². The third-order valence-corrected chi connectivity index (χ3v) is 4.88. The second-order valence-corrected chi connectivity index (χ2v) is 7.06. The van der Waals surface area contributed by atoms with Gasteiger partial charge in [-0.2, -0.15) is 0 Å². The Morgan fingerprint density at radius 1 is 1.04 bits per heavy atom. The molecule has 0 aliphatic rings. The van der Waals surface area contributed by atoms with E-state index in [4.69, 9.17) is 55.7 Å². The summed E-state index contributed by atoms with van der Waals surface area (Å²) in [6.07, 6.45) is 0. The number of esters is 1. The van der Waals surface area contributed by atoms with E-state index in [9.17, 15) is 9.59 Å². The Hall–Kier alpha value is -2.25. The lowest BCUT2D eigenvalue weighted by Crippen LogP contribution is -2.15. The largest absolute Gasteiger partial charge is 0.465 e. The van der Waals surface area contributed by atoms with Crippen molar-refractivity contribution >= 4 is 64.2 Å². The molecule has 3 aromatic rings. The maximum absolute atomic E-state index is 12.6. The molecule has 0 radical (unpaired) electrons. The molecule has 144 valence electrons. The fourth-order valence-electron chi connectivity index (χ4n) is 2.40. The summed E-state index contributed by atoms with van der Waals surface area (Å²) in [7, 11) is 1.17. The number of halogens is 4. The molecule has 0 fully saturated rings. The van der Waals surface area contributed by atoms with E-state index in [0.29, 0.717) is 5.02 Å². The van der Waals surface area contributed by atoms with Crippen LogP contribution < -0.4 is 5.32 Å². The summed E-state index contributed by atoms with van der Waals surface area (Å²) < 4.78 is 9.95. The predicted molar refractivity (Wildman–Crippen MR) is 108 cm³/mol. The van der Waals surface area contributed by atoms with Gasteiger partial charge in [-0.15, -0.1) is 0 Å². The van der Waals surface area contributed by atoms with Crippen LogP contribution in [0.1, 0.15) is 20.7 Å². The van der Waals surface area contributed by atoms with Gasteiger partial charge in [-0.3, -0.25) is 10.1 Å². The zero-order valence-corrected chi connectivity index (χ0v) is 17.1. The van der Waals surface area contributed by atoms with E-state index in [1.807, 2.05) is 0 Å². The molecule has 0 saturated heterocycles. The first-order chi connectivity index (χ1) is 13.3. The molecule has 0 bridgehead atoms. The van der Waals surface area contributed by atoms with Crippen molar-refractivity contribution in [1.29, 1.82) is 0 Å². The summed E-state index contributed by atoms with van der Waals surface area (Å²) in [4.78, 5) is 24.9. The lowest BCUT2D eigenvalue weighted by Gasteiger charge is -2.07. The van der Waals surface area contributed by atoms with E-state index in [2.05, 4.69) is 10.5 Å². The van der Waals surface area contributed by atoms with Crippen LogP contribution in [0.4, 0.5) is 5.88 Å². The minimum atomic E-state index is -0.806. The lowest BCUT2D eigenvalue weighted by molar-refractivity contribution is 0.0602. The maximum atomic E-state index is 12.6. The van der Waals surface area contributed by atoms with Crippen LogP contribution in [0.2, 0.25) is 20.1 Å². The van der Waals surface area contributed by atoms with Crippen LogP contribution in [0.25, 0.3) is 11.3 Å². The van der Waals surface area contributed by atoms with Gasteiger partial charge in [0.1, 0.15) is 5.69 Å². The van der Waals surface area contributed by atoms with Gasteiger partial charge in [-0.25, -0.2) is 4.79 Å². The molecular weight excluding hydrogens is 450 g/mol. The van der Waals surface area contributed by atoms with Gasteiger partial charge in [0.05, 0.1) is 27.7 Å². The second kappa shape index (κ2) is 8.41. The Kier molecular flexibility index (Phi) is 6.15. The number of hydrogen-bond donors (Lipinski definition) is 1. The van der Waals surface area contributed by atoms with Crippen LogP contribution in [0, 0.1) is 0 Å². The van der Waals surface area contributed by atoms with Gasteiger partial charge in [-0.1, -0.05) is 57.6 Å². The Morgan fingerprint density at radius 3 is 2.36 bits per heavy atom.